The van der Waals surface area contributed by atoms with E-state index in [0.29, 0.717) is 18.7 Å². The normalized spacial score (nSPS) is 16.6. The smallest absolute Gasteiger partial charge is 0.251 e. The number of nitrogens with zero attached hydrogens (tertiary/aromatic N) is 1. The first-order chi connectivity index (χ1) is 13.3. The van der Waals surface area contributed by atoms with E-state index in [9.17, 15) is 9.59 Å². The maximum absolute atomic E-state index is 12.7. The molecule has 5 nitrogen and oxygen atoms in total. The van der Waals surface area contributed by atoms with Crippen LogP contribution < -0.4 is 10.1 Å². The largest absolute Gasteiger partial charge is 0.491 e. The number of fused-ring (bicyclic) bond motifs is 1. The van der Waals surface area contributed by atoms with Crippen molar-refractivity contribution in [3.8, 4) is 5.75 Å². The Morgan fingerprint density at radius 1 is 1.11 bits per heavy atom. The summed E-state index contributed by atoms with van der Waals surface area (Å²) >= 11 is 0. The summed E-state index contributed by atoms with van der Waals surface area (Å²) in [6, 6.07) is 15.2. The molecule has 0 unspecified atom stereocenters. The van der Waals surface area contributed by atoms with E-state index in [1.165, 1.54) is 0 Å². The highest BCUT2D eigenvalue weighted by Crippen LogP contribution is 2.25. The molecule has 2 amide bonds. The molecule has 3 rings (SSSR count). The van der Waals surface area contributed by atoms with Gasteiger partial charge >= 0.3 is 0 Å². The van der Waals surface area contributed by atoms with Gasteiger partial charge in [0.25, 0.3) is 5.91 Å². The predicted octanol–water partition coefficient (Wildman–Crippen LogP) is 3.52. The van der Waals surface area contributed by atoms with Crippen molar-refractivity contribution >= 4 is 11.8 Å². The highest BCUT2D eigenvalue weighted by atomic mass is 16.5. The highest BCUT2D eigenvalue weighted by molar-refractivity contribution is 5.96. The van der Waals surface area contributed by atoms with E-state index in [0.717, 1.165) is 16.9 Å². The van der Waals surface area contributed by atoms with E-state index in [2.05, 4.69) is 26.1 Å². The molecule has 0 saturated carbocycles. The van der Waals surface area contributed by atoms with Gasteiger partial charge in [-0.25, -0.2) is 0 Å². The van der Waals surface area contributed by atoms with Gasteiger partial charge in [-0.3, -0.25) is 9.59 Å². The molecule has 2 aromatic rings. The van der Waals surface area contributed by atoms with E-state index in [1.54, 1.807) is 17.0 Å². The van der Waals surface area contributed by atoms with E-state index in [-0.39, 0.29) is 29.8 Å². The summed E-state index contributed by atoms with van der Waals surface area (Å²) in [7, 11) is 0. The Labute approximate surface area is 166 Å². The van der Waals surface area contributed by atoms with Crippen molar-refractivity contribution < 1.29 is 14.3 Å². The van der Waals surface area contributed by atoms with Gasteiger partial charge < -0.3 is 15.0 Å². The molecule has 2 aromatic carbocycles. The molecule has 1 aliphatic rings. The number of hydrogen-bond donors (Lipinski definition) is 1. The van der Waals surface area contributed by atoms with E-state index in [1.807, 2.05) is 43.3 Å². The zero-order valence-corrected chi connectivity index (χ0v) is 17.0. The second kappa shape index (κ2) is 8.05. The number of ether oxygens (including phenoxy) is 1. The van der Waals surface area contributed by atoms with Crippen LogP contribution in [0.2, 0.25) is 0 Å². The van der Waals surface area contributed by atoms with Gasteiger partial charge in [-0.15, -0.1) is 0 Å². The number of carbonyl (C=O) groups is 2. The molecule has 1 aliphatic heterocycles. The molecule has 28 heavy (non-hydrogen) atoms. The number of para-hydroxylation sites is 1. The molecule has 0 bridgehead atoms. The van der Waals surface area contributed by atoms with E-state index in [4.69, 9.17) is 4.74 Å². The minimum Gasteiger partial charge on any atom is -0.491 e. The Bertz CT molecular complexity index is 853. The molecule has 0 spiro atoms. The molecule has 1 atom stereocenters. The van der Waals surface area contributed by atoms with Crippen LogP contribution in [0.4, 0.5) is 0 Å². The molecule has 0 saturated heterocycles. The second-order valence-corrected chi connectivity index (χ2v) is 8.30. The Kier molecular flexibility index (Phi) is 5.73. The van der Waals surface area contributed by atoms with Gasteiger partial charge in [-0.05, 0) is 36.1 Å². The summed E-state index contributed by atoms with van der Waals surface area (Å²) in [6.45, 7) is 9.22. The van der Waals surface area contributed by atoms with Crippen LogP contribution in [0.3, 0.4) is 0 Å². The Morgan fingerprint density at radius 3 is 2.46 bits per heavy atom. The molecule has 5 heteroatoms. The molecular formula is C23H28N2O3. The van der Waals surface area contributed by atoms with Crippen LogP contribution in [0.1, 0.15) is 49.2 Å². The molecule has 0 radical (unpaired) electrons. The SMILES string of the molecule is C[C@@H]1COc2ccccc2CN1C(=O)CNC(=O)c1ccc(C(C)(C)C)cc1. The lowest BCUT2D eigenvalue weighted by Crippen LogP contribution is -2.45. The number of amides is 2. The number of rotatable bonds is 3. The minimum absolute atomic E-state index is 0.0340. The van der Waals surface area contributed by atoms with Crippen molar-refractivity contribution in [3.63, 3.8) is 0 Å². The van der Waals surface area contributed by atoms with Crippen LogP contribution in [-0.4, -0.2) is 35.9 Å². The Balaban J connectivity index is 1.62. The fourth-order valence-corrected chi connectivity index (χ4v) is 3.23. The molecular weight excluding hydrogens is 352 g/mol. The molecule has 0 aromatic heterocycles. The predicted molar refractivity (Wildman–Crippen MR) is 109 cm³/mol. The van der Waals surface area contributed by atoms with Crippen molar-refractivity contribution in [2.45, 2.75) is 45.7 Å². The lowest BCUT2D eigenvalue weighted by molar-refractivity contribution is -0.133. The summed E-state index contributed by atoms with van der Waals surface area (Å²) in [5.41, 5.74) is 2.73. The summed E-state index contributed by atoms with van der Waals surface area (Å²) in [4.78, 5) is 26.9. The first-order valence-electron chi connectivity index (χ1n) is 9.64. The standard InChI is InChI=1S/C23H28N2O3/c1-16-15-28-20-8-6-5-7-18(20)14-25(16)21(26)13-24-22(27)17-9-11-19(12-10-17)23(2,3)4/h5-12,16H,13-15H2,1-4H3,(H,24,27)/t16-/m1/s1. The molecule has 0 fully saturated rings. The average molecular weight is 380 g/mol. The van der Waals surface area contributed by atoms with Crippen LogP contribution in [0.15, 0.2) is 48.5 Å². The summed E-state index contributed by atoms with van der Waals surface area (Å²) in [6.07, 6.45) is 0. The van der Waals surface area contributed by atoms with E-state index >= 15 is 0 Å². The van der Waals surface area contributed by atoms with Gasteiger partial charge in [0.1, 0.15) is 12.4 Å². The highest BCUT2D eigenvalue weighted by Gasteiger charge is 2.25. The molecule has 0 aliphatic carbocycles. The fourth-order valence-electron chi connectivity index (χ4n) is 3.23. The second-order valence-electron chi connectivity index (χ2n) is 8.30. The third-order valence-corrected chi connectivity index (χ3v) is 5.06. The van der Waals surface area contributed by atoms with Gasteiger partial charge in [-0.2, -0.15) is 0 Å². The quantitative estimate of drug-likeness (QED) is 0.886. The summed E-state index contributed by atoms with van der Waals surface area (Å²) in [5, 5.41) is 2.75. The van der Waals surface area contributed by atoms with Crippen LogP contribution in [0.25, 0.3) is 0 Å². The number of hydrogen-bond acceptors (Lipinski definition) is 3. The number of nitrogens with one attached hydrogen (secondary N) is 1. The lowest BCUT2D eigenvalue weighted by Gasteiger charge is -2.26. The fraction of sp³-hybridized carbons (Fsp3) is 0.391. The maximum atomic E-state index is 12.7. The van der Waals surface area contributed by atoms with Crippen LogP contribution >= 0.6 is 0 Å². The summed E-state index contributed by atoms with van der Waals surface area (Å²) < 4.78 is 5.79. The third kappa shape index (κ3) is 4.53. The Hall–Kier alpha value is -2.82. The molecule has 1 heterocycles. The third-order valence-electron chi connectivity index (χ3n) is 5.06. The molecule has 1 N–H and O–H groups in total. The van der Waals surface area contributed by atoms with Crippen molar-refractivity contribution in [2.24, 2.45) is 0 Å². The summed E-state index contributed by atoms with van der Waals surface area (Å²) in [5.74, 6) is 0.452. The maximum Gasteiger partial charge on any atom is 0.251 e. The van der Waals surface area contributed by atoms with Crippen molar-refractivity contribution in [3.05, 3.63) is 65.2 Å². The van der Waals surface area contributed by atoms with Crippen molar-refractivity contribution in [1.29, 1.82) is 0 Å². The minimum atomic E-state index is -0.243. The zero-order chi connectivity index (χ0) is 20.3. The van der Waals surface area contributed by atoms with Crippen LogP contribution in [0, 0.1) is 0 Å². The van der Waals surface area contributed by atoms with Crippen molar-refractivity contribution in [1.82, 2.24) is 10.2 Å². The van der Waals surface area contributed by atoms with Gasteiger partial charge in [0, 0.05) is 17.7 Å². The first kappa shape index (κ1) is 19.9. The Morgan fingerprint density at radius 2 is 1.79 bits per heavy atom. The molecule has 148 valence electrons. The van der Waals surface area contributed by atoms with Gasteiger partial charge in [-0.1, -0.05) is 51.1 Å². The van der Waals surface area contributed by atoms with Gasteiger partial charge in [0.05, 0.1) is 12.6 Å². The van der Waals surface area contributed by atoms with Crippen LogP contribution in [-0.2, 0) is 16.8 Å². The average Bonchev–Trinajstić information content (AvgIpc) is 2.84. The van der Waals surface area contributed by atoms with Gasteiger partial charge in [0.2, 0.25) is 5.91 Å². The van der Waals surface area contributed by atoms with Crippen molar-refractivity contribution in [2.75, 3.05) is 13.2 Å². The van der Waals surface area contributed by atoms with Gasteiger partial charge in [0.15, 0.2) is 0 Å². The first-order valence-corrected chi connectivity index (χ1v) is 9.64. The lowest BCUT2D eigenvalue weighted by atomic mass is 9.87. The zero-order valence-electron chi connectivity index (χ0n) is 17.0. The topological polar surface area (TPSA) is 58.6 Å². The monoisotopic (exact) mass is 380 g/mol. The van der Waals surface area contributed by atoms with Crippen LogP contribution in [0.5, 0.6) is 5.75 Å². The number of carbonyl (C=O) groups excluding carboxylic acids is 2. The number of benzene rings is 2. The van der Waals surface area contributed by atoms with E-state index < -0.39 is 0 Å².